The van der Waals surface area contributed by atoms with Crippen LogP contribution >= 0.6 is 11.5 Å². The van der Waals surface area contributed by atoms with Gasteiger partial charge in [0, 0.05) is 18.4 Å². The lowest BCUT2D eigenvalue weighted by molar-refractivity contribution is -0.140. The molecule has 3 aromatic rings. The summed E-state index contributed by atoms with van der Waals surface area (Å²) in [5, 5.41) is 21.6. The molecule has 0 saturated heterocycles. The largest absolute Gasteiger partial charge is 0.494 e. The normalized spacial score (nSPS) is 10.6. The van der Waals surface area contributed by atoms with E-state index in [9.17, 15) is 19.6 Å². The second-order valence-electron chi connectivity index (χ2n) is 7.26. The Bertz CT molecular complexity index is 1360. The Hall–Kier alpha value is -4.57. The van der Waals surface area contributed by atoms with Crippen LogP contribution in [0.1, 0.15) is 12.5 Å². The number of hydrogen-bond donors (Lipinski definition) is 1. The number of anilines is 2. The van der Waals surface area contributed by atoms with E-state index in [1.807, 2.05) is 0 Å². The number of benzene rings is 2. The SMILES string of the molecule is COC(=O)CN(CC(=O)OC)c1cc(NC(C)=O)c(N=Nc2snc3ccc(C#N)cc23)cc1OC. The van der Waals surface area contributed by atoms with Crippen LogP contribution in [-0.2, 0) is 23.9 Å². The highest BCUT2D eigenvalue weighted by molar-refractivity contribution is 7.11. The van der Waals surface area contributed by atoms with Gasteiger partial charge in [0.2, 0.25) is 5.91 Å². The molecule has 0 spiro atoms. The zero-order chi connectivity index (χ0) is 26.2. The van der Waals surface area contributed by atoms with Crippen LogP contribution in [0.5, 0.6) is 5.75 Å². The minimum Gasteiger partial charge on any atom is -0.494 e. The van der Waals surface area contributed by atoms with Gasteiger partial charge in [0.15, 0.2) is 5.00 Å². The Balaban J connectivity index is 2.09. The zero-order valence-corrected chi connectivity index (χ0v) is 20.7. The Morgan fingerprint density at radius 3 is 2.36 bits per heavy atom. The summed E-state index contributed by atoms with van der Waals surface area (Å²) >= 11 is 1.11. The lowest BCUT2D eigenvalue weighted by Crippen LogP contribution is -2.36. The van der Waals surface area contributed by atoms with Crippen LogP contribution in [0.15, 0.2) is 40.6 Å². The fourth-order valence-electron chi connectivity index (χ4n) is 3.18. The minimum absolute atomic E-state index is 0.250. The van der Waals surface area contributed by atoms with E-state index >= 15 is 0 Å². The molecule has 0 unspecified atom stereocenters. The van der Waals surface area contributed by atoms with Gasteiger partial charge < -0.3 is 24.4 Å². The summed E-state index contributed by atoms with van der Waals surface area (Å²) < 4.78 is 19.3. The van der Waals surface area contributed by atoms with E-state index in [4.69, 9.17) is 14.2 Å². The standard InChI is InChI=1S/C23H22N6O6S/c1-13(30)25-17-8-19(29(11-21(31)34-3)12-22(32)35-4)20(33-2)9-18(17)26-27-23-15-7-14(10-24)5-6-16(15)28-36-23/h5-9H,11-12H2,1-4H3,(H,25,30). The van der Waals surface area contributed by atoms with Gasteiger partial charge in [-0.3, -0.25) is 14.4 Å². The van der Waals surface area contributed by atoms with Crippen LogP contribution in [0.25, 0.3) is 10.9 Å². The Morgan fingerprint density at radius 1 is 1.08 bits per heavy atom. The molecule has 0 aliphatic carbocycles. The summed E-state index contributed by atoms with van der Waals surface area (Å²) in [4.78, 5) is 37.3. The average Bonchev–Trinajstić information content (AvgIpc) is 3.28. The summed E-state index contributed by atoms with van der Waals surface area (Å²) in [6.07, 6.45) is 0. The molecule has 0 fully saturated rings. The number of nitriles is 1. The highest BCUT2D eigenvalue weighted by atomic mass is 32.1. The summed E-state index contributed by atoms with van der Waals surface area (Å²) in [5.74, 6) is -1.32. The third kappa shape index (κ3) is 6.10. The number of fused-ring (bicyclic) bond motifs is 1. The van der Waals surface area contributed by atoms with Crippen molar-refractivity contribution < 1.29 is 28.6 Å². The third-order valence-corrected chi connectivity index (χ3v) is 5.64. The Labute approximate surface area is 210 Å². The molecular formula is C23H22N6O6S. The van der Waals surface area contributed by atoms with Crippen LogP contribution in [0.2, 0.25) is 0 Å². The van der Waals surface area contributed by atoms with Crippen molar-refractivity contribution in [1.82, 2.24) is 4.37 Å². The van der Waals surface area contributed by atoms with Crippen LogP contribution < -0.4 is 15.0 Å². The summed E-state index contributed by atoms with van der Waals surface area (Å²) in [5.41, 5.74) is 1.95. The van der Waals surface area contributed by atoms with Gasteiger partial charge in [-0.25, -0.2) is 0 Å². The van der Waals surface area contributed by atoms with Gasteiger partial charge in [-0.1, -0.05) is 0 Å². The molecule has 0 saturated carbocycles. The number of amides is 1. The van der Waals surface area contributed by atoms with Crippen molar-refractivity contribution in [3.05, 3.63) is 35.9 Å². The number of carbonyl (C=O) groups is 3. The zero-order valence-electron chi connectivity index (χ0n) is 19.9. The second-order valence-corrected chi connectivity index (χ2v) is 8.01. The van der Waals surface area contributed by atoms with E-state index in [1.165, 1.54) is 45.3 Å². The monoisotopic (exact) mass is 510 g/mol. The molecule has 186 valence electrons. The average molecular weight is 511 g/mol. The van der Waals surface area contributed by atoms with E-state index < -0.39 is 11.9 Å². The molecule has 13 heteroatoms. The number of aromatic nitrogens is 1. The molecule has 0 atom stereocenters. The second kappa shape index (κ2) is 11.7. The van der Waals surface area contributed by atoms with Crippen molar-refractivity contribution in [2.24, 2.45) is 10.2 Å². The Morgan fingerprint density at radius 2 is 1.78 bits per heavy atom. The fraction of sp³-hybridized carbons (Fsp3) is 0.261. The Kier molecular flexibility index (Phi) is 8.48. The molecule has 1 heterocycles. The number of nitrogens with one attached hydrogen (secondary N) is 1. The van der Waals surface area contributed by atoms with Gasteiger partial charge in [0.1, 0.15) is 24.5 Å². The van der Waals surface area contributed by atoms with Gasteiger partial charge in [-0.05, 0) is 35.8 Å². The summed E-state index contributed by atoms with van der Waals surface area (Å²) in [6, 6.07) is 10.2. The van der Waals surface area contributed by atoms with Crippen LogP contribution in [0.4, 0.5) is 22.1 Å². The highest BCUT2D eigenvalue weighted by Crippen LogP contribution is 2.40. The summed E-state index contributed by atoms with van der Waals surface area (Å²) in [7, 11) is 3.86. The van der Waals surface area contributed by atoms with Crippen molar-refractivity contribution in [2.45, 2.75) is 6.92 Å². The lowest BCUT2D eigenvalue weighted by Gasteiger charge is -2.25. The van der Waals surface area contributed by atoms with Gasteiger partial charge in [0.25, 0.3) is 0 Å². The predicted octanol–water partition coefficient (Wildman–Crippen LogP) is 3.70. The first-order chi connectivity index (χ1) is 17.3. The number of esters is 2. The first-order valence-corrected chi connectivity index (χ1v) is 11.2. The van der Waals surface area contributed by atoms with Gasteiger partial charge in [0.05, 0.1) is 49.9 Å². The number of hydrogen-bond acceptors (Lipinski definition) is 12. The topological polar surface area (TPSA) is 156 Å². The number of carbonyl (C=O) groups excluding carboxylic acids is 3. The van der Waals surface area contributed by atoms with Gasteiger partial charge >= 0.3 is 11.9 Å². The van der Waals surface area contributed by atoms with E-state index in [1.54, 1.807) is 18.2 Å². The van der Waals surface area contributed by atoms with Crippen molar-refractivity contribution in [1.29, 1.82) is 5.26 Å². The van der Waals surface area contributed by atoms with Crippen LogP contribution in [-0.4, -0.2) is 56.6 Å². The summed E-state index contributed by atoms with van der Waals surface area (Å²) in [6.45, 7) is 0.762. The highest BCUT2D eigenvalue weighted by Gasteiger charge is 2.22. The van der Waals surface area contributed by atoms with E-state index in [0.717, 1.165) is 11.5 Å². The van der Waals surface area contributed by atoms with Gasteiger partial charge in [-0.2, -0.15) is 9.64 Å². The van der Waals surface area contributed by atoms with Crippen molar-refractivity contribution >= 4 is 62.3 Å². The van der Waals surface area contributed by atoms with E-state index in [-0.39, 0.29) is 36.1 Å². The smallest absolute Gasteiger partial charge is 0.325 e. The maximum Gasteiger partial charge on any atom is 0.325 e. The molecule has 12 nitrogen and oxygen atoms in total. The number of methoxy groups -OCH3 is 3. The molecule has 1 amide bonds. The third-order valence-electron chi connectivity index (χ3n) is 4.88. The molecule has 0 radical (unpaired) electrons. The van der Waals surface area contributed by atoms with E-state index in [2.05, 4.69) is 26.0 Å². The lowest BCUT2D eigenvalue weighted by atomic mass is 10.2. The van der Waals surface area contributed by atoms with E-state index in [0.29, 0.717) is 27.2 Å². The molecule has 0 aliphatic rings. The molecule has 2 aromatic carbocycles. The number of rotatable bonds is 9. The molecule has 1 aromatic heterocycles. The maximum atomic E-state index is 12.0. The van der Waals surface area contributed by atoms with Crippen molar-refractivity contribution in [2.75, 3.05) is 44.6 Å². The maximum absolute atomic E-state index is 12.0. The molecule has 1 N–H and O–H groups in total. The van der Waals surface area contributed by atoms with Crippen LogP contribution in [0.3, 0.4) is 0 Å². The quantitative estimate of drug-likeness (QED) is 0.335. The molecule has 0 bridgehead atoms. The number of ether oxygens (including phenoxy) is 3. The van der Waals surface area contributed by atoms with Gasteiger partial charge in [-0.15, -0.1) is 10.2 Å². The first-order valence-electron chi connectivity index (χ1n) is 10.4. The number of azo groups is 1. The fourth-order valence-corrected chi connectivity index (χ4v) is 3.86. The van der Waals surface area contributed by atoms with Crippen molar-refractivity contribution in [3.8, 4) is 11.8 Å². The molecule has 0 aliphatic heterocycles. The molecule has 36 heavy (non-hydrogen) atoms. The first kappa shape index (κ1) is 26.0. The molecular weight excluding hydrogens is 488 g/mol. The molecule has 3 rings (SSSR count). The number of nitrogens with zero attached hydrogens (tertiary/aromatic N) is 5. The van der Waals surface area contributed by atoms with Crippen molar-refractivity contribution in [3.63, 3.8) is 0 Å². The predicted molar refractivity (Wildman–Crippen MR) is 132 cm³/mol. The van der Waals surface area contributed by atoms with Crippen LogP contribution in [0, 0.1) is 11.3 Å². The minimum atomic E-state index is -0.598.